The van der Waals surface area contributed by atoms with Crippen molar-refractivity contribution in [2.24, 2.45) is 7.05 Å². The number of nitrogens with zero attached hydrogens (tertiary/aromatic N) is 5. The van der Waals surface area contributed by atoms with Gasteiger partial charge in [0, 0.05) is 31.9 Å². The lowest BCUT2D eigenvalue weighted by atomic mass is 9.97. The van der Waals surface area contributed by atoms with E-state index in [0.717, 1.165) is 25.2 Å². The maximum Gasteiger partial charge on any atom is 0.455 e. The summed E-state index contributed by atoms with van der Waals surface area (Å²) in [6, 6.07) is 0. The van der Waals surface area contributed by atoms with Gasteiger partial charge >= 0.3 is 6.18 Å². The predicted molar refractivity (Wildman–Crippen MR) is 69.8 cm³/mol. The SMILES string of the molecule is Cn1ccnc1[C@H]1CCCN(Cc2nc(C(F)(F)F)no2)C1. The van der Waals surface area contributed by atoms with Crippen molar-refractivity contribution in [2.75, 3.05) is 13.1 Å². The Bertz CT molecular complexity index is 636. The lowest BCUT2D eigenvalue weighted by Gasteiger charge is -2.31. The third-order valence-corrected chi connectivity index (χ3v) is 3.81. The molecular weight excluding hydrogens is 299 g/mol. The van der Waals surface area contributed by atoms with E-state index in [2.05, 4.69) is 15.1 Å². The van der Waals surface area contributed by atoms with Crippen LogP contribution in [-0.4, -0.2) is 37.7 Å². The van der Waals surface area contributed by atoms with Crippen LogP contribution in [0.5, 0.6) is 0 Å². The van der Waals surface area contributed by atoms with Crippen LogP contribution in [0.15, 0.2) is 16.9 Å². The molecule has 1 saturated heterocycles. The van der Waals surface area contributed by atoms with Crippen LogP contribution >= 0.6 is 0 Å². The number of hydrogen-bond donors (Lipinski definition) is 0. The Morgan fingerprint density at radius 2 is 2.23 bits per heavy atom. The van der Waals surface area contributed by atoms with Crippen molar-refractivity contribution < 1.29 is 17.7 Å². The van der Waals surface area contributed by atoms with Gasteiger partial charge in [0.15, 0.2) is 0 Å². The summed E-state index contributed by atoms with van der Waals surface area (Å²) in [7, 11) is 1.94. The van der Waals surface area contributed by atoms with Crippen LogP contribution in [0.4, 0.5) is 13.2 Å². The van der Waals surface area contributed by atoms with Crippen molar-refractivity contribution in [2.45, 2.75) is 31.5 Å². The van der Waals surface area contributed by atoms with E-state index in [1.807, 2.05) is 22.7 Å². The summed E-state index contributed by atoms with van der Waals surface area (Å²) in [5, 5.41) is 2.98. The summed E-state index contributed by atoms with van der Waals surface area (Å²) in [6.45, 7) is 1.74. The number of aryl methyl sites for hydroxylation is 1. The summed E-state index contributed by atoms with van der Waals surface area (Å²) in [6.07, 6.45) is 1.04. The van der Waals surface area contributed by atoms with Gasteiger partial charge in [-0.2, -0.15) is 18.2 Å². The monoisotopic (exact) mass is 315 g/mol. The second-order valence-corrected chi connectivity index (χ2v) is 5.48. The maximum absolute atomic E-state index is 12.5. The molecule has 1 fully saturated rings. The molecule has 0 N–H and O–H groups in total. The molecule has 0 spiro atoms. The molecule has 3 rings (SSSR count). The van der Waals surface area contributed by atoms with E-state index in [1.165, 1.54) is 0 Å². The Kier molecular flexibility index (Phi) is 3.90. The Hall–Kier alpha value is -1.90. The Morgan fingerprint density at radius 1 is 1.41 bits per heavy atom. The summed E-state index contributed by atoms with van der Waals surface area (Å²) >= 11 is 0. The fourth-order valence-electron chi connectivity index (χ4n) is 2.81. The fourth-order valence-corrected chi connectivity index (χ4v) is 2.81. The average Bonchev–Trinajstić information content (AvgIpc) is 3.07. The van der Waals surface area contributed by atoms with E-state index in [4.69, 9.17) is 4.52 Å². The smallest absolute Gasteiger partial charge is 0.338 e. The van der Waals surface area contributed by atoms with Crippen molar-refractivity contribution in [3.63, 3.8) is 0 Å². The quantitative estimate of drug-likeness (QED) is 0.869. The highest BCUT2D eigenvalue weighted by molar-refractivity contribution is 5.03. The van der Waals surface area contributed by atoms with Gasteiger partial charge in [0.05, 0.1) is 6.54 Å². The number of likely N-dealkylation sites (tertiary alicyclic amines) is 1. The predicted octanol–water partition coefficient (Wildman–Crippen LogP) is 2.20. The van der Waals surface area contributed by atoms with Gasteiger partial charge < -0.3 is 9.09 Å². The highest BCUT2D eigenvalue weighted by Gasteiger charge is 2.37. The number of aromatic nitrogens is 4. The molecule has 2 aromatic heterocycles. The zero-order chi connectivity index (χ0) is 15.7. The first-order valence-electron chi connectivity index (χ1n) is 7.03. The molecule has 6 nitrogen and oxygen atoms in total. The number of rotatable bonds is 3. The molecule has 9 heteroatoms. The lowest BCUT2D eigenvalue weighted by molar-refractivity contribution is -0.146. The second kappa shape index (κ2) is 5.71. The minimum absolute atomic E-state index is 0.00665. The van der Waals surface area contributed by atoms with Crippen molar-refractivity contribution in [3.05, 3.63) is 29.9 Å². The van der Waals surface area contributed by atoms with Gasteiger partial charge in [-0.25, -0.2) is 4.98 Å². The number of alkyl halides is 3. The third kappa shape index (κ3) is 3.13. The lowest BCUT2D eigenvalue weighted by Crippen LogP contribution is -2.34. The molecule has 22 heavy (non-hydrogen) atoms. The van der Waals surface area contributed by atoms with Crippen LogP contribution < -0.4 is 0 Å². The third-order valence-electron chi connectivity index (χ3n) is 3.81. The molecule has 3 heterocycles. The fraction of sp³-hybridized carbons (Fsp3) is 0.615. The number of imidazole rings is 1. The molecule has 1 atom stereocenters. The highest BCUT2D eigenvalue weighted by Crippen LogP contribution is 2.28. The van der Waals surface area contributed by atoms with E-state index in [-0.39, 0.29) is 18.4 Å². The second-order valence-electron chi connectivity index (χ2n) is 5.48. The molecule has 120 valence electrons. The van der Waals surface area contributed by atoms with Gasteiger partial charge in [-0.05, 0) is 19.4 Å². The number of hydrogen-bond acceptors (Lipinski definition) is 5. The van der Waals surface area contributed by atoms with E-state index in [9.17, 15) is 13.2 Å². The Balaban J connectivity index is 1.66. The van der Waals surface area contributed by atoms with E-state index in [1.54, 1.807) is 6.20 Å². The zero-order valence-electron chi connectivity index (χ0n) is 12.0. The van der Waals surface area contributed by atoms with Crippen LogP contribution in [0.2, 0.25) is 0 Å². The molecular formula is C13H16F3N5O. The van der Waals surface area contributed by atoms with Gasteiger partial charge in [-0.3, -0.25) is 4.90 Å². The number of piperidine rings is 1. The topological polar surface area (TPSA) is 60.0 Å². The largest absolute Gasteiger partial charge is 0.455 e. The molecule has 0 amide bonds. The maximum atomic E-state index is 12.5. The van der Waals surface area contributed by atoms with Crippen LogP contribution in [0.1, 0.15) is 36.3 Å². The highest BCUT2D eigenvalue weighted by atomic mass is 19.4. The van der Waals surface area contributed by atoms with Gasteiger partial charge in [0.2, 0.25) is 5.89 Å². The zero-order valence-corrected chi connectivity index (χ0v) is 12.0. The van der Waals surface area contributed by atoms with Crippen molar-refractivity contribution in [1.29, 1.82) is 0 Å². The molecule has 1 aliphatic rings. The van der Waals surface area contributed by atoms with E-state index < -0.39 is 12.0 Å². The molecule has 0 radical (unpaired) electrons. The molecule has 0 aromatic carbocycles. The first-order valence-corrected chi connectivity index (χ1v) is 7.03. The number of halogens is 3. The normalized spacial score (nSPS) is 20.5. The summed E-state index contributed by atoms with van der Waals surface area (Å²) in [5.74, 6) is 0.0259. The minimum atomic E-state index is -4.57. The molecule has 0 unspecified atom stereocenters. The van der Waals surface area contributed by atoms with Crippen LogP contribution in [-0.2, 0) is 19.8 Å². The molecule has 2 aromatic rings. The first-order chi connectivity index (χ1) is 10.4. The van der Waals surface area contributed by atoms with Crippen molar-refractivity contribution >= 4 is 0 Å². The Morgan fingerprint density at radius 3 is 2.86 bits per heavy atom. The first kappa shape index (κ1) is 15.0. The Labute approximate surface area is 124 Å². The molecule has 0 aliphatic carbocycles. The van der Waals surface area contributed by atoms with Crippen molar-refractivity contribution in [1.82, 2.24) is 24.6 Å². The minimum Gasteiger partial charge on any atom is -0.338 e. The average molecular weight is 315 g/mol. The van der Waals surface area contributed by atoms with E-state index in [0.29, 0.717) is 6.54 Å². The van der Waals surface area contributed by atoms with Crippen LogP contribution in [0.3, 0.4) is 0 Å². The summed E-state index contributed by atoms with van der Waals surface area (Å²) < 4.78 is 44.1. The van der Waals surface area contributed by atoms with Gasteiger partial charge in [-0.1, -0.05) is 5.16 Å². The van der Waals surface area contributed by atoms with Crippen LogP contribution in [0.25, 0.3) is 0 Å². The van der Waals surface area contributed by atoms with Crippen LogP contribution in [0, 0.1) is 0 Å². The van der Waals surface area contributed by atoms with Gasteiger partial charge in [0.1, 0.15) is 5.82 Å². The standard InChI is InChI=1S/C13H16F3N5O/c1-20-6-4-17-11(20)9-3-2-5-21(7-9)8-10-18-12(19-22-10)13(14,15)16/h4,6,9H,2-3,5,7-8H2,1H3/t9-/m0/s1. The van der Waals surface area contributed by atoms with Gasteiger partial charge in [0.25, 0.3) is 5.82 Å². The molecule has 0 bridgehead atoms. The molecule has 1 aliphatic heterocycles. The summed E-state index contributed by atoms with van der Waals surface area (Å²) in [5.41, 5.74) is 0. The summed E-state index contributed by atoms with van der Waals surface area (Å²) in [4.78, 5) is 9.79. The molecule has 0 saturated carbocycles. The van der Waals surface area contributed by atoms with Gasteiger partial charge in [-0.15, -0.1) is 0 Å². The van der Waals surface area contributed by atoms with Crippen molar-refractivity contribution in [3.8, 4) is 0 Å². The van der Waals surface area contributed by atoms with E-state index >= 15 is 0 Å².